The number of hydrogen-bond acceptors (Lipinski definition) is 0. The van der Waals surface area contributed by atoms with Gasteiger partial charge in [-0.05, 0) is 12.1 Å². The van der Waals surface area contributed by atoms with Crippen LogP contribution in [0.5, 0.6) is 0 Å². The zero-order chi connectivity index (χ0) is 10.8. The summed E-state index contributed by atoms with van der Waals surface area (Å²) in [6.07, 6.45) is -4.44. The van der Waals surface area contributed by atoms with E-state index in [2.05, 4.69) is 4.85 Å². The van der Waals surface area contributed by atoms with Gasteiger partial charge >= 0.3 is 6.18 Å². The van der Waals surface area contributed by atoms with Crippen LogP contribution in [0.25, 0.3) is 4.85 Å². The first-order valence-electron chi connectivity index (χ1n) is 3.64. The van der Waals surface area contributed by atoms with Crippen molar-refractivity contribution in [1.29, 1.82) is 0 Å². The minimum Gasteiger partial charge on any atom is -0.312 e. The van der Waals surface area contributed by atoms with E-state index in [1.807, 2.05) is 0 Å². The molecule has 0 aliphatic heterocycles. The maximum atomic E-state index is 12.2. The van der Waals surface area contributed by atoms with Gasteiger partial charge in [0.15, 0.2) is 0 Å². The highest BCUT2D eigenvalue weighted by Gasteiger charge is 2.33. The highest BCUT2D eigenvalue weighted by atomic mass is 35.5. The van der Waals surface area contributed by atoms with Crippen molar-refractivity contribution in [2.75, 3.05) is 0 Å². The van der Waals surface area contributed by atoms with Crippen LogP contribution in [0.1, 0.15) is 11.1 Å². The molecule has 0 spiro atoms. The molecule has 0 saturated carbocycles. The first-order valence-corrected chi connectivity index (χ1v) is 4.02. The largest absolute Gasteiger partial charge is 0.417 e. The lowest BCUT2D eigenvalue weighted by Gasteiger charge is -2.08. The van der Waals surface area contributed by atoms with Crippen LogP contribution < -0.4 is 0 Å². The Kier molecular flexibility index (Phi) is 3.02. The van der Waals surface area contributed by atoms with E-state index >= 15 is 0 Å². The Hall–Kier alpha value is -1.21. The Balaban J connectivity index is 3.09. The molecule has 0 radical (unpaired) electrons. The summed E-state index contributed by atoms with van der Waals surface area (Å²) in [6, 6.07) is 3.32. The summed E-state index contributed by atoms with van der Waals surface area (Å²) in [7, 11) is 0. The van der Waals surface area contributed by atoms with Crippen molar-refractivity contribution in [1.82, 2.24) is 0 Å². The normalized spacial score (nSPS) is 11.1. The van der Waals surface area contributed by atoms with Crippen LogP contribution in [0.2, 0.25) is 5.02 Å². The maximum absolute atomic E-state index is 12.2. The lowest BCUT2D eigenvalue weighted by molar-refractivity contribution is -0.137. The quantitative estimate of drug-likeness (QED) is 0.633. The third-order valence-electron chi connectivity index (χ3n) is 1.60. The summed E-state index contributed by atoms with van der Waals surface area (Å²) in [5.74, 6) is 0. The number of hydrogen-bond donors (Lipinski definition) is 0. The monoisotopic (exact) mass is 219 g/mol. The van der Waals surface area contributed by atoms with Gasteiger partial charge in [0.25, 0.3) is 0 Å². The molecule has 0 fully saturated rings. The zero-order valence-electron chi connectivity index (χ0n) is 6.90. The van der Waals surface area contributed by atoms with E-state index in [-0.39, 0.29) is 11.6 Å². The number of benzene rings is 1. The van der Waals surface area contributed by atoms with Gasteiger partial charge in [0.2, 0.25) is 6.54 Å². The van der Waals surface area contributed by atoms with Crippen molar-refractivity contribution in [2.45, 2.75) is 12.7 Å². The predicted molar refractivity (Wildman–Crippen MR) is 46.8 cm³/mol. The summed E-state index contributed by atoms with van der Waals surface area (Å²) < 4.78 is 36.7. The van der Waals surface area contributed by atoms with Crippen LogP contribution in [0.4, 0.5) is 13.2 Å². The number of nitrogens with zero attached hydrogens (tertiary/aromatic N) is 1. The van der Waals surface area contributed by atoms with Crippen LogP contribution in [-0.4, -0.2) is 0 Å². The second-order valence-electron chi connectivity index (χ2n) is 2.63. The van der Waals surface area contributed by atoms with Crippen molar-refractivity contribution < 1.29 is 13.2 Å². The fraction of sp³-hybridized carbons (Fsp3) is 0.222. The van der Waals surface area contributed by atoms with Gasteiger partial charge in [0.05, 0.1) is 10.6 Å². The van der Waals surface area contributed by atoms with Crippen LogP contribution >= 0.6 is 11.6 Å². The van der Waals surface area contributed by atoms with E-state index in [0.717, 1.165) is 6.07 Å². The lowest BCUT2D eigenvalue weighted by Crippen LogP contribution is -2.05. The Morgan fingerprint density at radius 1 is 1.36 bits per heavy atom. The maximum Gasteiger partial charge on any atom is 0.417 e. The van der Waals surface area contributed by atoms with Gasteiger partial charge in [-0.25, -0.2) is 6.57 Å². The molecule has 0 bridgehead atoms. The van der Waals surface area contributed by atoms with E-state index in [9.17, 15) is 13.2 Å². The number of rotatable bonds is 1. The van der Waals surface area contributed by atoms with E-state index < -0.39 is 11.7 Å². The third-order valence-corrected chi connectivity index (χ3v) is 1.91. The predicted octanol–water partition coefficient (Wildman–Crippen LogP) is 3.78. The fourth-order valence-electron chi connectivity index (χ4n) is 0.978. The van der Waals surface area contributed by atoms with E-state index in [1.54, 1.807) is 0 Å². The first-order chi connectivity index (χ1) is 6.45. The fourth-order valence-corrected chi connectivity index (χ4v) is 1.29. The van der Waals surface area contributed by atoms with Gasteiger partial charge in [-0.2, -0.15) is 13.2 Å². The molecule has 5 heteroatoms. The summed E-state index contributed by atoms with van der Waals surface area (Å²) in [5.41, 5.74) is -0.383. The van der Waals surface area contributed by atoms with Crippen LogP contribution in [0, 0.1) is 6.57 Å². The summed E-state index contributed by atoms with van der Waals surface area (Å²) >= 11 is 5.43. The average Bonchev–Trinajstić information content (AvgIpc) is 2.02. The summed E-state index contributed by atoms with van der Waals surface area (Å²) in [4.78, 5) is 3.05. The molecule has 0 saturated heterocycles. The molecule has 14 heavy (non-hydrogen) atoms. The molecule has 1 nitrogen and oxygen atoms in total. The minimum atomic E-state index is -4.44. The van der Waals surface area contributed by atoms with Crippen LogP contribution in [-0.2, 0) is 12.7 Å². The van der Waals surface area contributed by atoms with E-state index in [0.29, 0.717) is 5.56 Å². The highest BCUT2D eigenvalue weighted by Crippen LogP contribution is 2.34. The van der Waals surface area contributed by atoms with Crippen molar-refractivity contribution in [3.63, 3.8) is 0 Å². The molecular formula is C9H5ClF3N. The molecule has 0 heterocycles. The minimum absolute atomic E-state index is 0.0395. The third kappa shape index (κ3) is 2.39. The second kappa shape index (κ2) is 3.89. The molecule has 0 unspecified atom stereocenters. The van der Waals surface area contributed by atoms with Crippen LogP contribution in [0.15, 0.2) is 18.2 Å². The zero-order valence-corrected chi connectivity index (χ0v) is 7.65. The van der Waals surface area contributed by atoms with E-state index in [4.69, 9.17) is 18.2 Å². The average molecular weight is 220 g/mol. The summed E-state index contributed by atoms with van der Waals surface area (Å²) in [6.45, 7) is 6.59. The summed E-state index contributed by atoms with van der Waals surface area (Å²) in [5, 5.41) is -0.362. The molecule has 0 aromatic heterocycles. The van der Waals surface area contributed by atoms with Gasteiger partial charge < -0.3 is 4.85 Å². The van der Waals surface area contributed by atoms with Crippen molar-refractivity contribution in [3.8, 4) is 0 Å². The molecule has 0 atom stereocenters. The number of alkyl halides is 3. The lowest BCUT2D eigenvalue weighted by atomic mass is 10.1. The van der Waals surface area contributed by atoms with E-state index in [1.165, 1.54) is 12.1 Å². The first kappa shape index (κ1) is 10.9. The van der Waals surface area contributed by atoms with Crippen molar-refractivity contribution in [3.05, 3.63) is 45.8 Å². The molecule has 0 amide bonds. The molecule has 0 N–H and O–H groups in total. The Labute approximate surface area is 83.9 Å². The van der Waals surface area contributed by atoms with Crippen LogP contribution in [0.3, 0.4) is 0 Å². The molecular weight excluding hydrogens is 215 g/mol. The van der Waals surface area contributed by atoms with Crippen molar-refractivity contribution in [2.24, 2.45) is 0 Å². The SMILES string of the molecule is [C-]#[N+]Cc1ccc(C(F)(F)F)c(Cl)c1. The second-order valence-corrected chi connectivity index (χ2v) is 3.04. The van der Waals surface area contributed by atoms with Gasteiger partial charge in [-0.3, -0.25) is 0 Å². The van der Waals surface area contributed by atoms with Gasteiger partial charge in [0.1, 0.15) is 0 Å². The molecule has 0 aliphatic rings. The molecule has 0 aliphatic carbocycles. The molecule has 1 aromatic rings. The standard InChI is InChI=1S/C9H5ClF3N/c1-14-5-6-2-3-7(8(10)4-6)9(11,12)13/h2-4H,5H2. The van der Waals surface area contributed by atoms with Gasteiger partial charge in [-0.1, -0.05) is 17.7 Å². The van der Waals surface area contributed by atoms with Gasteiger partial charge in [0, 0.05) is 5.56 Å². The Bertz CT molecular complexity index is 379. The highest BCUT2D eigenvalue weighted by molar-refractivity contribution is 6.31. The van der Waals surface area contributed by atoms with Crippen molar-refractivity contribution >= 4 is 11.6 Å². The smallest absolute Gasteiger partial charge is 0.312 e. The molecule has 74 valence electrons. The Morgan fingerprint density at radius 2 is 2.00 bits per heavy atom. The molecule has 1 aromatic carbocycles. The topological polar surface area (TPSA) is 4.36 Å². The number of halogens is 4. The molecule has 1 rings (SSSR count). The Morgan fingerprint density at radius 3 is 2.43 bits per heavy atom. The van der Waals surface area contributed by atoms with Gasteiger partial charge in [-0.15, -0.1) is 0 Å².